The van der Waals surface area contributed by atoms with Crippen molar-refractivity contribution >= 4 is 47.1 Å². The number of nitrogens with zero attached hydrogens (tertiary/aromatic N) is 2. The number of thioether (sulfide) groups is 2. The lowest BCUT2D eigenvalue weighted by Crippen LogP contribution is -2.27. The average molecular weight is 440 g/mol. The van der Waals surface area contributed by atoms with Gasteiger partial charge in [0, 0.05) is 23.6 Å². The average Bonchev–Trinajstić information content (AvgIpc) is 3.04. The van der Waals surface area contributed by atoms with Crippen molar-refractivity contribution in [3.05, 3.63) is 45.5 Å². The summed E-state index contributed by atoms with van der Waals surface area (Å²) in [5.74, 6) is -0.805. The van der Waals surface area contributed by atoms with Gasteiger partial charge in [-0.2, -0.15) is 0 Å². The minimum absolute atomic E-state index is 0.0141. The number of amides is 1. The number of rotatable bonds is 9. The minimum atomic E-state index is -0.532. The smallest absolute Gasteiger partial charge is 0.333 e. The number of nitro benzene ring substituents is 1. The van der Waals surface area contributed by atoms with E-state index in [2.05, 4.69) is 4.74 Å². The molecule has 1 fully saturated rings. The Hall–Kier alpha value is -2.53. The third-order valence-electron chi connectivity index (χ3n) is 3.82. The highest BCUT2D eigenvalue weighted by atomic mass is 32.2. The summed E-state index contributed by atoms with van der Waals surface area (Å²) in [4.78, 5) is 47.8. The lowest BCUT2D eigenvalue weighted by atomic mass is 10.3. The lowest BCUT2D eigenvalue weighted by Gasteiger charge is -2.17. The van der Waals surface area contributed by atoms with E-state index in [0.29, 0.717) is 18.0 Å². The van der Waals surface area contributed by atoms with Crippen LogP contribution in [0.15, 0.2) is 40.3 Å². The molecule has 1 amide bonds. The molecule has 1 aliphatic heterocycles. The van der Waals surface area contributed by atoms with Crippen molar-refractivity contribution < 1.29 is 28.8 Å². The standard InChI is InChI=1S/C18H20N2O7S2/c1-12(29-14-6-4-13(5-7-14)20(24)25)18(23)27-9-3-8-19-15(21)11-28-16(19)10-17(22)26-2/h4-7,10,12H,3,8-9,11H2,1-2H3/b16-10+. The monoisotopic (exact) mass is 440 g/mol. The Balaban J connectivity index is 1.77. The number of hydrogen-bond acceptors (Lipinski definition) is 9. The molecule has 0 bridgehead atoms. The summed E-state index contributed by atoms with van der Waals surface area (Å²) in [7, 11) is 1.26. The van der Waals surface area contributed by atoms with Crippen LogP contribution in [-0.4, -0.2) is 58.9 Å². The molecule has 1 heterocycles. The van der Waals surface area contributed by atoms with E-state index in [-0.39, 0.29) is 24.0 Å². The zero-order chi connectivity index (χ0) is 21.4. The molecule has 2 rings (SSSR count). The fourth-order valence-electron chi connectivity index (χ4n) is 2.34. The first-order valence-corrected chi connectivity index (χ1v) is 10.5. The number of carbonyl (C=O) groups is 3. The minimum Gasteiger partial charge on any atom is -0.466 e. The fraction of sp³-hybridized carbons (Fsp3) is 0.389. The Morgan fingerprint density at radius 1 is 1.38 bits per heavy atom. The summed E-state index contributed by atoms with van der Waals surface area (Å²) < 4.78 is 9.82. The van der Waals surface area contributed by atoms with Crippen LogP contribution in [0.25, 0.3) is 0 Å². The van der Waals surface area contributed by atoms with Crippen molar-refractivity contribution in [1.82, 2.24) is 4.90 Å². The summed E-state index contributed by atoms with van der Waals surface area (Å²) >= 11 is 2.50. The number of benzene rings is 1. The van der Waals surface area contributed by atoms with Gasteiger partial charge in [0.1, 0.15) is 5.25 Å². The van der Waals surface area contributed by atoms with Crippen LogP contribution >= 0.6 is 23.5 Å². The number of ether oxygens (including phenoxy) is 2. The quantitative estimate of drug-likeness (QED) is 0.143. The number of hydrogen-bond donors (Lipinski definition) is 0. The Morgan fingerprint density at radius 3 is 2.69 bits per heavy atom. The summed E-state index contributed by atoms with van der Waals surface area (Å²) in [5, 5.41) is 10.7. The Bertz CT molecular complexity index is 811. The molecule has 11 heteroatoms. The molecule has 1 aliphatic rings. The van der Waals surface area contributed by atoms with Gasteiger partial charge < -0.3 is 14.4 Å². The van der Waals surface area contributed by atoms with E-state index in [4.69, 9.17) is 4.74 Å². The van der Waals surface area contributed by atoms with Gasteiger partial charge in [0.15, 0.2) is 0 Å². The number of carbonyl (C=O) groups excluding carboxylic acids is 3. The highest BCUT2D eigenvalue weighted by Gasteiger charge is 2.27. The normalized spacial score (nSPS) is 16.0. The van der Waals surface area contributed by atoms with E-state index < -0.39 is 22.1 Å². The molecule has 0 radical (unpaired) electrons. The second-order valence-corrected chi connectivity index (χ2v) is 8.28. The van der Waals surface area contributed by atoms with Crippen molar-refractivity contribution in [2.24, 2.45) is 0 Å². The molecule has 0 N–H and O–H groups in total. The van der Waals surface area contributed by atoms with Crippen LogP contribution in [0.5, 0.6) is 0 Å². The van der Waals surface area contributed by atoms with E-state index in [1.54, 1.807) is 19.1 Å². The third-order valence-corrected chi connectivity index (χ3v) is 5.93. The van der Waals surface area contributed by atoms with Gasteiger partial charge >= 0.3 is 11.9 Å². The van der Waals surface area contributed by atoms with Gasteiger partial charge in [0.05, 0.1) is 35.5 Å². The van der Waals surface area contributed by atoms with E-state index >= 15 is 0 Å². The maximum atomic E-state index is 12.1. The number of esters is 2. The van der Waals surface area contributed by atoms with E-state index in [1.165, 1.54) is 53.7 Å². The summed E-state index contributed by atoms with van der Waals surface area (Å²) in [5.41, 5.74) is -0.0141. The van der Waals surface area contributed by atoms with Gasteiger partial charge in [0.25, 0.3) is 5.69 Å². The Kier molecular flexibility index (Phi) is 8.52. The number of non-ortho nitro benzene ring substituents is 1. The van der Waals surface area contributed by atoms with E-state index in [9.17, 15) is 24.5 Å². The first-order chi connectivity index (χ1) is 13.8. The molecule has 1 atom stereocenters. The van der Waals surface area contributed by atoms with Crippen LogP contribution in [0, 0.1) is 10.1 Å². The summed E-state index contributed by atoms with van der Waals surface area (Å²) in [6.45, 7) is 2.14. The second-order valence-electron chi connectivity index (χ2n) is 5.87. The SMILES string of the molecule is COC(=O)/C=C1/SCC(=O)N1CCCOC(=O)C(C)Sc1ccc([N+](=O)[O-])cc1. The van der Waals surface area contributed by atoms with Crippen molar-refractivity contribution in [1.29, 1.82) is 0 Å². The van der Waals surface area contributed by atoms with Gasteiger partial charge in [-0.1, -0.05) is 11.8 Å². The second kappa shape index (κ2) is 10.9. The van der Waals surface area contributed by atoms with Crippen LogP contribution < -0.4 is 0 Å². The molecule has 0 aromatic heterocycles. The third kappa shape index (κ3) is 6.79. The van der Waals surface area contributed by atoms with Crippen LogP contribution in [-0.2, 0) is 23.9 Å². The Morgan fingerprint density at radius 2 is 2.07 bits per heavy atom. The van der Waals surface area contributed by atoms with Gasteiger partial charge in [-0.15, -0.1) is 11.8 Å². The fourth-order valence-corrected chi connectivity index (χ4v) is 4.16. The van der Waals surface area contributed by atoms with Crippen LogP contribution in [0.4, 0.5) is 5.69 Å². The molecule has 1 aromatic rings. The van der Waals surface area contributed by atoms with Crippen LogP contribution in [0.3, 0.4) is 0 Å². The maximum absolute atomic E-state index is 12.1. The predicted molar refractivity (Wildman–Crippen MR) is 108 cm³/mol. The molecule has 0 spiro atoms. The molecular weight excluding hydrogens is 420 g/mol. The van der Waals surface area contributed by atoms with Crippen molar-refractivity contribution in [2.45, 2.75) is 23.5 Å². The first-order valence-electron chi connectivity index (χ1n) is 8.62. The van der Waals surface area contributed by atoms with Gasteiger partial charge in [-0.3, -0.25) is 19.7 Å². The van der Waals surface area contributed by atoms with E-state index in [1.807, 2.05) is 0 Å². The topological polar surface area (TPSA) is 116 Å². The zero-order valence-electron chi connectivity index (χ0n) is 15.9. The summed E-state index contributed by atoms with van der Waals surface area (Å²) in [6.07, 6.45) is 1.69. The highest BCUT2D eigenvalue weighted by Crippen LogP contribution is 2.29. The number of nitro groups is 1. The maximum Gasteiger partial charge on any atom is 0.333 e. The summed E-state index contributed by atoms with van der Waals surface area (Å²) in [6, 6.07) is 5.92. The molecule has 1 unspecified atom stereocenters. The molecule has 0 aliphatic carbocycles. The molecule has 9 nitrogen and oxygen atoms in total. The molecule has 156 valence electrons. The molecule has 1 saturated heterocycles. The number of methoxy groups -OCH3 is 1. The van der Waals surface area contributed by atoms with Gasteiger partial charge in [-0.25, -0.2) is 4.79 Å². The molecule has 0 saturated carbocycles. The van der Waals surface area contributed by atoms with Crippen molar-refractivity contribution in [2.75, 3.05) is 26.0 Å². The van der Waals surface area contributed by atoms with Gasteiger partial charge in [-0.05, 0) is 25.5 Å². The predicted octanol–water partition coefficient (Wildman–Crippen LogP) is 2.60. The Labute approximate surface area is 175 Å². The van der Waals surface area contributed by atoms with Crippen LogP contribution in [0.1, 0.15) is 13.3 Å². The first kappa shape index (κ1) is 22.8. The van der Waals surface area contributed by atoms with Crippen LogP contribution in [0.2, 0.25) is 0 Å². The largest absolute Gasteiger partial charge is 0.466 e. The molecule has 29 heavy (non-hydrogen) atoms. The van der Waals surface area contributed by atoms with E-state index in [0.717, 1.165) is 4.90 Å². The molecular formula is C18H20N2O7S2. The molecule has 1 aromatic carbocycles. The van der Waals surface area contributed by atoms with Crippen molar-refractivity contribution in [3.8, 4) is 0 Å². The lowest BCUT2D eigenvalue weighted by molar-refractivity contribution is -0.384. The van der Waals surface area contributed by atoms with Crippen molar-refractivity contribution in [3.63, 3.8) is 0 Å². The zero-order valence-corrected chi connectivity index (χ0v) is 17.5. The van der Waals surface area contributed by atoms with Gasteiger partial charge in [0.2, 0.25) is 5.91 Å². The highest BCUT2D eigenvalue weighted by molar-refractivity contribution is 8.04.